The number of hydrogen-bond acceptors (Lipinski definition) is 2. The second-order valence-electron chi connectivity index (χ2n) is 3.19. The Balaban J connectivity index is 2.58. The van der Waals surface area contributed by atoms with Crippen LogP contribution >= 0.6 is 0 Å². The molecular formula is C9H16N2. The average Bonchev–Trinajstić information content (AvgIpc) is 1.85. The van der Waals surface area contributed by atoms with Crippen LogP contribution in [0.15, 0.2) is 24.6 Å². The van der Waals surface area contributed by atoms with Gasteiger partial charge in [0.2, 0.25) is 0 Å². The second kappa shape index (κ2) is 3.09. The quantitative estimate of drug-likeness (QED) is 0.558. The molecule has 0 N–H and O–H groups in total. The third-order valence-corrected chi connectivity index (χ3v) is 2.00. The zero-order valence-corrected chi connectivity index (χ0v) is 7.43. The van der Waals surface area contributed by atoms with Crippen LogP contribution in [0.4, 0.5) is 0 Å². The fourth-order valence-corrected chi connectivity index (χ4v) is 1.37. The molecule has 0 aromatic rings. The number of allylic oxidation sites excluding steroid dienone is 1. The summed E-state index contributed by atoms with van der Waals surface area (Å²) in [7, 11) is 2.11. The molecule has 0 spiro atoms. The van der Waals surface area contributed by atoms with Gasteiger partial charge in [-0.3, -0.25) is 4.90 Å². The molecule has 1 fully saturated rings. The van der Waals surface area contributed by atoms with Crippen molar-refractivity contribution in [1.29, 1.82) is 0 Å². The highest BCUT2D eigenvalue weighted by atomic mass is 15.3. The van der Waals surface area contributed by atoms with Crippen molar-refractivity contribution >= 4 is 0 Å². The summed E-state index contributed by atoms with van der Waals surface area (Å²) in [6, 6.07) is 0. The Labute approximate surface area is 68.8 Å². The van der Waals surface area contributed by atoms with Gasteiger partial charge in [-0.15, -0.1) is 0 Å². The molecule has 1 heterocycles. The van der Waals surface area contributed by atoms with E-state index in [1.807, 2.05) is 6.92 Å². The molecule has 1 aliphatic heterocycles. The van der Waals surface area contributed by atoms with Crippen molar-refractivity contribution < 1.29 is 0 Å². The van der Waals surface area contributed by atoms with E-state index < -0.39 is 0 Å². The molecule has 1 aliphatic rings. The third kappa shape index (κ3) is 1.84. The van der Waals surface area contributed by atoms with Crippen LogP contribution in [-0.2, 0) is 0 Å². The van der Waals surface area contributed by atoms with Gasteiger partial charge in [-0.05, 0) is 14.0 Å². The molecule has 0 amide bonds. The minimum Gasteiger partial charge on any atom is -0.348 e. The van der Waals surface area contributed by atoms with E-state index in [9.17, 15) is 0 Å². The Morgan fingerprint density at radius 1 is 1.45 bits per heavy atom. The highest BCUT2D eigenvalue weighted by Gasteiger charge is 2.16. The van der Waals surface area contributed by atoms with Crippen LogP contribution < -0.4 is 0 Å². The molecule has 2 nitrogen and oxygen atoms in total. The van der Waals surface area contributed by atoms with Gasteiger partial charge in [0.15, 0.2) is 0 Å². The molecule has 0 aromatic carbocycles. The predicted molar refractivity (Wildman–Crippen MR) is 48.2 cm³/mol. The predicted octanol–water partition coefficient (Wildman–Crippen LogP) is 1.28. The lowest BCUT2D eigenvalue weighted by Crippen LogP contribution is -2.41. The summed E-state index contributed by atoms with van der Waals surface area (Å²) in [6.07, 6.45) is 0. The summed E-state index contributed by atoms with van der Waals surface area (Å²) < 4.78 is 0. The fourth-order valence-electron chi connectivity index (χ4n) is 1.37. The molecule has 0 unspecified atom stereocenters. The van der Waals surface area contributed by atoms with Crippen LogP contribution in [0.5, 0.6) is 0 Å². The third-order valence-electron chi connectivity index (χ3n) is 2.00. The number of nitrogens with zero attached hydrogens (tertiary/aromatic N) is 2. The monoisotopic (exact) mass is 152 g/mol. The van der Waals surface area contributed by atoms with Crippen LogP contribution in [0.2, 0.25) is 0 Å². The fraction of sp³-hybridized carbons (Fsp3) is 0.556. The first-order valence-corrected chi connectivity index (χ1v) is 3.90. The number of likely N-dealkylation sites (N-methyl/N-ethyl adjacent to an activating group) is 1. The molecule has 1 saturated heterocycles. The molecule has 0 saturated carbocycles. The van der Waals surface area contributed by atoms with E-state index in [1.165, 1.54) is 0 Å². The van der Waals surface area contributed by atoms with Crippen molar-refractivity contribution in [3.05, 3.63) is 24.6 Å². The standard InChI is InChI=1S/C9H16N2/c1-8(2)11-6-5-10(4)7-9(11)3/h1,3,5-7H2,2,4H3. The normalized spacial score (nSPS) is 20.5. The lowest BCUT2D eigenvalue weighted by atomic mass is 10.2. The van der Waals surface area contributed by atoms with Gasteiger partial charge in [0.1, 0.15) is 0 Å². The number of hydrogen-bond donors (Lipinski definition) is 0. The van der Waals surface area contributed by atoms with Crippen molar-refractivity contribution in [1.82, 2.24) is 9.80 Å². The lowest BCUT2D eigenvalue weighted by molar-refractivity contribution is 0.236. The minimum atomic E-state index is 0.965. The van der Waals surface area contributed by atoms with Gasteiger partial charge in [0.05, 0.1) is 0 Å². The zero-order valence-electron chi connectivity index (χ0n) is 7.43. The van der Waals surface area contributed by atoms with E-state index in [2.05, 4.69) is 30.0 Å². The Kier molecular flexibility index (Phi) is 2.35. The van der Waals surface area contributed by atoms with Gasteiger partial charge in [-0.1, -0.05) is 13.2 Å². The Morgan fingerprint density at radius 2 is 2.09 bits per heavy atom. The van der Waals surface area contributed by atoms with Gasteiger partial charge >= 0.3 is 0 Å². The van der Waals surface area contributed by atoms with E-state index in [0.29, 0.717) is 0 Å². The van der Waals surface area contributed by atoms with Gasteiger partial charge < -0.3 is 4.90 Å². The topological polar surface area (TPSA) is 6.48 Å². The molecule has 0 bridgehead atoms. The molecule has 0 aromatic heterocycles. The summed E-state index contributed by atoms with van der Waals surface area (Å²) in [4.78, 5) is 4.45. The van der Waals surface area contributed by atoms with Gasteiger partial charge in [-0.2, -0.15) is 0 Å². The van der Waals surface area contributed by atoms with Crippen LogP contribution in [0.25, 0.3) is 0 Å². The highest BCUT2D eigenvalue weighted by Crippen LogP contribution is 2.14. The maximum Gasteiger partial charge on any atom is 0.0378 e. The van der Waals surface area contributed by atoms with Gasteiger partial charge in [-0.25, -0.2) is 0 Å². The van der Waals surface area contributed by atoms with Crippen molar-refractivity contribution in [2.45, 2.75) is 6.92 Å². The summed E-state index contributed by atoms with van der Waals surface area (Å²) >= 11 is 0. The molecule has 62 valence electrons. The van der Waals surface area contributed by atoms with Crippen molar-refractivity contribution in [2.75, 3.05) is 26.7 Å². The summed E-state index contributed by atoms with van der Waals surface area (Å²) in [5.41, 5.74) is 2.26. The summed E-state index contributed by atoms with van der Waals surface area (Å²) in [5, 5.41) is 0. The molecule has 1 rings (SSSR count). The number of rotatable bonds is 1. The van der Waals surface area contributed by atoms with Crippen molar-refractivity contribution in [3.8, 4) is 0 Å². The van der Waals surface area contributed by atoms with E-state index in [0.717, 1.165) is 31.0 Å². The van der Waals surface area contributed by atoms with Gasteiger partial charge in [0.25, 0.3) is 0 Å². The first-order valence-electron chi connectivity index (χ1n) is 3.90. The molecule has 0 atom stereocenters. The van der Waals surface area contributed by atoms with Crippen LogP contribution in [0.1, 0.15) is 6.92 Å². The zero-order chi connectivity index (χ0) is 8.43. The Bertz CT molecular complexity index is 184. The van der Waals surface area contributed by atoms with Crippen LogP contribution in [0.3, 0.4) is 0 Å². The summed E-state index contributed by atoms with van der Waals surface area (Å²) in [5.74, 6) is 0. The Hall–Kier alpha value is -0.760. The van der Waals surface area contributed by atoms with E-state index >= 15 is 0 Å². The van der Waals surface area contributed by atoms with Gasteiger partial charge in [0, 0.05) is 31.0 Å². The van der Waals surface area contributed by atoms with E-state index in [-0.39, 0.29) is 0 Å². The maximum atomic E-state index is 3.99. The Morgan fingerprint density at radius 3 is 2.55 bits per heavy atom. The smallest absolute Gasteiger partial charge is 0.0378 e. The average molecular weight is 152 g/mol. The largest absolute Gasteiger partial charge is 0.348 e. The highest BCUT2D eigenvalue weighted by molar-refractivity contribution is 5.09. The molecule has 0 radical (unpaired) electrons. The maximum absolute atomic E-state index is 3.99. The van der Waals surface area contributed by atoms with Crippen LogP contribution in [-0.4, -0.2) is 36.5 Å². The van der Waals surface area contributed by atoms with Crippen LogP contribution in [0, 0.1) is 0 Å². The lowest BCUT2D eigenvalue weighted by Gasteiger charge is -2.35. The van der Waals surface area contributed by atoms with E-state index in [1.54, 1.807) is 0 Å². The van der Waals surface area contributed by atoms with Crippen molar-refractivity contribution in [3.63, 3.8) is 0 Å². The molecule has 0 aliphatic carbocycles. The first kappa shape index (κ1) is 8.34. The molecule has 11 heavy (non-hydrogen) atoms. The second-order valence-corrected chi connectivity index (χ2v) is 3.19. The first-order chi connectivity index (χ1) is 5.11. The van der Waals surface area contributed by atoms with Crippen molar-refractivity contribution in [2.24, 2.45) is 0 Å². The SMILES string of the molecule is C=C(C)N1CCN(C)CC1=C. The molecule has 2 heteroatoms. The van der Waals surface area contributed by atoms with E-state index in [4.69, 9.17) is 0 Å². The number of piperazine rings is 1. The molecular weight excluding hydrogens is 136 g/mol. The summed E-state index contributed by atoms with van der Waals surface area (Å²) in [6.45, 7) is 13.0. The minimum absolute atomic E-state index is 0.965.